The zero-order valence-corrected chi connectivity index (χ0v) is 10.6. The predicted octanol–water partition coefficient (Wildman–Crippen LogP) is 3.90. The second-order valence-corrected chi connectivity index (χ2v) is 5.51. The van der Waals surface area contributed by atoms with Crippen LogP contribution in [0.1, 0.15) is 47.5 Å². The first kappa shape index (κ1) is 12.2. The molecule has 1 nitrogen and oxygen atoms in total. The zero-order valence-electron chi connectivity index (χ0n) is 10.6. The molecular weight excluding hydrogens is 184 g/mol. The highest BCUT2D eigenvalue weighted by Gasteiger charge is 2.36. The average molecular weight is 206 g/mol. The topological polar surface area (TPSA) is 17.1 Å². The van der Waals surface area contributed by atoms with Crippen molar-refractivity contribution in [1.29, 1.82) is 0 Å². The molecule has 1 atom stereocenters. The molecule has 0 radical (unpaired) electrons. The summed E-state index contributed by atoms with van der Waals surface area (Å²) in [4.78, 5) is 12.1. The minimum atomic E-state index is 0.114. The van der Waals surface area contributed by atoms with E-state index in [-0.39, 0.29) is 11.3 Å². The van der Waals surface area contributed by atoms with Gasteiger partial charge in [0.25, 0.3) is 0 Å². The molecule has 0 aliphatic heterocycles. The number of ketones is 1. The van der Waals surface area contributed by atoms with Crippen LogP contribution in [0.15, 0.2) is 23.3 Å². The van der Waals surface area contributed by atoms with Gasteiger partial charge in [-0.15, -0.1) is 0 Å². The zero-order chi connectivity index (χ0) is 11.6. The Morgan fingerprint density at radius 2 is 2.13 bits per heavy atom. The molecule has 1 aliphatic carbocycles. The lowest BCUT2D eigenvalue weighted by atomic mass is 9.67. The standard InChI is InChI=1S/C14H22O/c1-10(2)6-7-12-13(15)11(3)8-9-14(12,4)5/h6,8,12H,7,9H2,1-5H3. The van der Waals surface area contributed by atoms with Gasteiger partial charge in [-0.3, -0.25) is 4.79 Å². The predicted molar refractivity (Wildman–Crippen MR) is 64.7 cm³/mol. The lowest BCUT2D eigenvalue weighted by Gasteiger charge is -2.35. The highest BCUT2D eigenvalue weighted by Crippen LogP contribution is 2.39. The summed E-state index contributed by atoms with van der Waals surface area (Å²) in [6, 6.07) is 0. The SMILES string of the molecule is CC(C)=CCC1C(=O)C(C)=CCC1(C)C. The van der Waals surface area contributed by atoms with Gasteiger partial charge in [0.05, 0.1) is 0 Å². The molecule has 0 aromatic heterocycles. The summed E-state index contributed by atoms with van der Waals surface area (Å²) in [6.45, 7) is 10.5. The van der Waals surface area contributed by atoms with Crippen LogP contribution in [0, 0.1) is 11.3 Å². The Balaban J connectivity index is 2.88. The van der Waals surface area contributed by atoms with Gasteiger partial charge < -0.3 is 0 Å². The van der Waals surface area contributed by atoms with E-state index in [2.05, 4.69) is 39.8 Å². The van der Waals surface area contributed by atoms with E-state index < -0.39 is 0 Å². The van der Waals surface area contributed by atoms with Crippen molar-refractivity contribution in [2.24, 2.45) is 11.3 Å². The molecule has 15 heavy (non-hydrogen) atoms. The van der Waals surface area contributed by atoms with Gasteiger partial charge in [0.1, 0.15) is 0 Å². The Morgan fingerprint density at radius 1 is 1.53 bits per heavy atom. The Hall–Kier alpha value is -0.850. The van der Waals surface area contributed by atoms with Crippen LogP contribution in [0.25, 0.3) is 0 Å². The number of hydrogen-bond donors (Lipinski definition) is 0. The van der Waals surface area contributed by atoms with E-state index in [1.165, 1.54) is 5.57 Å². The number of allylic oxidation sites excluding steroid dienone is 4. The molecule has 0 fully saturated rings. The summed E-state index contributed by atoms with van der Waals surface area (Å²) in [7, 11) is 0. The summed E-state index contributed by atoms with van der Waals surface area (Å²) >= 11 is 0. The summed E-state index contributed by atoms with van der Waals surface area (Å²) in [5, 5.41) is 0. The molecule has 0 N–H and O–H groups in total. The van der Waals surface area contributed by atoms with Crippen LogP contribution in [0.5, 0.6) is 0 Å². The molecule has 0 saturated heterocycles. The third-order valence-corrected chi connectivity index (χ3v) is 3.34. The molecule has 0 aromatic carbocycles. The maximum Gasteiger partial charge on any atom is 0.162 e. The maximum absolute atomic E-state index is 12.1. The van der Waals surface area contributed by atoms with Crippen molar-refractivity contribution in [1.82, 2.24) is 0 Å². The van der Waals surface area contributed by atoms with Gasteiger partial charge in [-0.1, -0.05) is 31.6 Å². The molecule has 0 bridgehead atoms. The molecule has 1 unspecified atom stereocenters. The van der Waals surface area contributed by atoms with Crippen LogP contribution in [-0.4, -0.2) is 5.78 Å². The highest BCUT2D eigenvalue weighted by atomic mass is 16.1. The number of carbonyl (C=O) groups excluding carboxylic acids is 1. The molecule has 0 aromatic rings. The van der Waals surface area contributed by atoms with E-state index in [0.717, 1.165) is 18.4 Å². The normalized spacial score (nSPS) is 24.7. The molecule has 0 heterocycles. The van der Waals surface area contributed by atoms with E-state index in [9.17, 15) is 4.79 Å². The first-order chi connectivity index (χ1) is 6.84. The highest BCUT2D eigenvalue weighted by molar-refractivity contribution is 5.98. The number of Topliss-reactive ketones (excluding diaryl/α,β-unsaturated/α-hetero) is 1. The van der Waals surface area contributed by atoms with Crippen LogP contribution in [0.3, 0.4) is 0 Å². The van der Waals surface area contributed by atoms with Gasteiger partial charge in [0.2, 0.25) is 0 Å². The Morgan fingerprint density at radius 3 is 2.67 bits per heavy atom. The van der Waals surface area contributed by atoms with E-state index in [4.69, 9.17) is 0 Å². The van der Waals surface area contributed by atoms with E-state index >= 15 is 0 Å². The van der Waals surface area contributed by atoms with Gasteiger partial charge >= 0.3 is 0 Å². The molecule has 1 rings (SSSR count). The van der Waals surface area contributed by atoms with Crippen LogP contribution in [0.2, 0.25) is 0 Å². The second kappa shape index (κ2) is 4.34. The van der Waals surface area contributed by atoms with Crippen LogP contribution < -0.4 is 0 Å². The third-order valence-electron chi connectivity index (χ3n) is 3.34. The summed E-state index contributed by atoms with van der Waals surface area (Å²) in [5.74, 6) is 0.501. The number of hydrogen-bond acceptors (Lipinski definition) is 1. The molecule has 0 saturated carbocycles. The first-order valence-electron chi connectivity index (χ1n) is 5.69. The van der Waals surface area contributed by atoms with Crippen molar-refractivity contribution < 1.29 is 4.79 Å². The van der Waals surface area contributed by atoms with Crippen LogP contribution in [-0.2, 0) is 4.79 Å². The second-order valence-electron chi connectivity index (χ2n) is 5.51. The minimum Gasteiger partial charge on any atom is -0.294 e. The van der Waals surface area contributed by atoms with Gasteiger partial charge in [-0.2, -0.15) is 0 Å². The van der Waals surface area contributed by atoms with Crippen molar-refractivity contribution in [2.75, 3.05) is 0 Å². The molecule has 84 valence electrons. The lowest BCUT2D eigenvalue weighted by Crippen LogP contribution is -2.34. The summed E-state index contributed by atoms with van der Waals surface area (Å²) in [5.41, 5.74) is 2.36. The molecule has 1 aliphatic rings. The van der Waals surface area contributed by atoms with Crippen molar-refractivity contribution in [2.45, 2.75) is 47.5 Å². The van der Waals surface area contributed by atoms with Gasteiger partial charge in [-0.05, 0) is 44.6 Å². The number of carbonyl (C=O) groups is 1. The first-order valence-corrected chi connectivity index (χ1v) is 5.69. The minimum absolute atomic E-state index is 0.114. The van der Waals surface area contributed by atoms with E-state index in [0.29, 0.717) is 5.78 Å². The Bertz CT molecular complexity index is 314. The fraction of sp³-hybridized carbons (Fsp3) is 0.643. The summed E-state index contributed by atoms with van der Waals surface area (Å²) in [6.07, 6.45) is 6.18. The monoisotopic (exact) mass is 206 g/mol. The van der Waals surface area contributed by atoms with Crippen molar-refractivity contribution in [3.8, 4) is 0 Å². The van der Waals surface area contributed by atoms with Gasteiger partial charge in [0, 0.05) is 5.92 Å². The average Bonchev–Trinajstić information content (AvgIpc) is 2.11. The largest absolute Gasteiger partial charge is 0.294 e. The molecular formula is C14H22O. The molecule has 0 amide bonds. The van der Waals surface area contributed by atoms with Crippen LogP contribution >= 0.6 is 0 Å². The quantitative estimate of drug-likeness (QED) is 0.626. The smallest absolute Gasteiger partial charge is 0.162 e. The molecule has 1 heteroatoms. The van der Waals surface area contributed by atoms with Gasteiger partial charge in [0.15, 0.2) is 5.78 Å². The van der Waals surface area contributed by atoms with E-state index in [1.54, 1.807) is 0 Å². The maximum atomic E-state index is 12.1. The fourth-order valence-corrected chi connectivity index (χ4v) is 2.07. The third kappa shape index (κ3) is 2.80. The van der Waals surface area contributed by atoms with Crippen LogP contribution in [0.4, 0.5) is 0 Å². The fourth-order valence-electron chi connectivity index (χ4n) is 2.07. The lowest BCUT2D eigenvalue weighted by molar-refractivity contribution is -0.123. The molecule has 0 spiro atoms. The number of rotatable bonds is 2. The Labute approximate surface area is 93.3 Å². The van der Waals surface area contributed by atoms with Crippen molar-refractivity contribution >= 4 is 5.78 Å². The summed E-state index contributed by atoms with van der Waals surface area (Å²) < 4.78 is 0. The van der Waals surface area contributed by atoms with Crippen molar-refractivity contribution in [3.05, 3.63) is 23.3 Å². The van der Waals surface area contributed by atoms with Gasteiger partial charge in [-0.25, -0.2) is 0 Å². The van der Waals surface area contributed by atoms with Crippen molar-refractivity contribution in [3.63, 3.8) is 0 Å². The Kier molecular flexibility index (Phi) is 3.54. The van der Waals surface area contributed by atoms with E-state index in [1.807, 2.05) is 6.92 Å².